The summed E-state index contributed by atoms with van der Waals surface area (Å²) >= 11 is 0. The van der Waals surface area contributed by atoms with Crippen LogP contribution in [0.5, 0.6) is 0 Å². The second kappa shape index (κ2) is 8.49. The lowest BCUT2D eigenvalue weighted by Crippen LogP contribution is -2.53. The molecule has 0 saturated heterocycles. The third kappa shape index (κ3) is 4.49. The highest BCUT2D eigenvalue weighted by molar-refractivity contribution is 7.91. The Hall–Kier alpha value is -2.85. The van der Waals surface area contributed by atoms with Gasteiger partial charge in [-0.05, 0) is 30.2 Å². The van der Waals surface area contributed by atoms with Crippen molar-refractivity contribution >= 4 is 9.84 Å². The molecule has 0 amide bonds. The first kappa shape index (κ1) is 24.8. The molecule has 3 rings (SSSR count). The third-order valence-electron chi connectivity index (χ3n) is 5.21. The molecule has 3 aromatic rings. The van der Waals surface area contributed by atoms with Crippen molar-refractivity contribution in [3.8, 4) is 0 Å². The maximum absolute atomic E-state index is 13.4. The van der Waals surface area contributed by atoms with Crippen LogP contribution in [0.4, 0.5) is 26.3 Å². The summed E-state index contributed by atoms with van der Waals surface area (Å²) in [5.74, 6) is 0. The Balaban J connectivity index is 2.18. The molecule has 0 bridgehead atoms. The fourth-order valence-corrected chi connectivity index (χ4v) is 5.26. The molecule has 0 radical (unpaired) electrons. The van der Waals surface area contributed by atoms with Crippen molar-refractivity contribution in [3.63, 3.8) is 0 Å². The highest BCUT2D eigenvalue weighted by Gasteiger charge is 2.71. The largest absolute Gasteiger partial charge is 0.430 e. The molecule has 1 N–H and O–H groups in total. The minimum absolute atomic E-state index is 0.0573. The lowest BCUT2D eigenvalue weighted by atomic mass is 9.90. The van der Waals surface area contributed by atoms with Gasteiger partial charge in [-0.15, -0.1) is 0 Å². The Morgan fingerprint density at radius 1 is 0.697 bits per heavy atom. The van der Waals surface area contributed by atoms with E-state index in [-0.39, 0.29) is 16.0 Å². The number of benzene rings is 3. The van der Waals surface area contributed by atoms with E-state index in [0.717, 1.165) is 17.7 Å². The molecule has 0 fully saturated rings. The first-order valence-electron chi connectivity index (χ1n) is 9.51. The van der Waals surface area contributed by atoms with Gasteiger partial charge in [0.2, 0.25) is 0 Å². The van der Waals surface area contributed by atoms with Crippen LogP contribution < -0.4 is 0 Å². The van der Waals surface area contributed by atoms with Gasteiger partial charge in [0.15, 0.2) is 9.84 Å². The first-order chi connectivity index (χ1) is 15.2. The van der Waals surface area contributed by atoms with E-state index in [4.69, 9.17) is 0 Å². The Labute approximate surface area is 186 Å². The Morgan fingerprint density at radius 3 is 1.55 bits per heavy atom. The molecule has 0 aromatic heterocycles. The number of aliphatic hydroxyl groups is 1. The smallest absolute Gasteiger partial charge is 0.369 e. The van der Waals surface area contributed by atoms with Crippen molar-refractivity contribution in [1.29, 1.82) is 0 Å². The maximum atomic E-state index is 13.4. The predicted molar refractivity (Wildman–Crippen MR) is 109 cm³/mol. The van der Waals surface area contributed by atoms with Crippen LogP contribution in [0.1, 0.15) is 27.5 Å². The monoisotopic (exact) mass is 488 g/mol. The van der Waals surface area contributed by atoms with Crippen LogP contribution in [0.25, 0.3) is 0 Å². The number of aryl methyl sites for hydroxylation is 1. The van der Waals surface area contributed by atoms with Gasteiger partial charge in [0, 0.05) is 5.56 Å². The fraction of sp³-hybridized carbons (Fsp3) is 0.217. The van der Waals surface area contributed by atoms with E-state index in [1.165, 1.54) is 36.4 Å². The number of alkyl halides is 6. The van der Waals surface area contributed by atoms with E-state index in [2.05, 4.69) is 0 Å². The van der Waals surface area contributed by atoms with E-state index >= 15 is 0 Å². The number of hydrogen-bond donors (Lipinski definition) is 1. The second-order valence-corrected chi connectivity index (χ2v) is 9.51. The molecule has 3 aromatic carbocycles. The molecule has 0 heterocycles. The Bertz CT molecular complexity index is 1190. The summed E-state index contributed by atoms with van der Waals surface area (Å²) in [7, 11) is -4.13. The number of sulfone groups is 1. The van der Waals surface area contributed by atoms with Gasteiger partial charge in [-0.1, -0.05) is 72.3 Å². The molecule has 0 aliphatic heterocycles. The topological polar surface area (TPSA) is 54.4 Å². The maximum Gasteiger partial charge on any atom is 0.430 e. The van der Waals surface area contributed by atoms with Crippen molar-refractivity contribution in [2.24, 2.45) is 0 Å². The van der Waals surface area contributed by atoms with Gasteiger partial charge in [-0.3, -0.25) is 0 Å². The van der Waals surface area contributed by atoms with Crippen LogP contribution in [0.15, 0.2) is 83.8 Å². The van der Waals surface area contributed by atoms with E-state index in [1.807, 2.05) is 0 Å². The number of rotatable bonds is 5. The second-order valence-electron chi connectivity index (χ2n) is 7.48. The van der Waals surface area contributed by atoms with Crippen molar-refractivity contribution in [2.75, 3.05) is 0 Å². The summed E-state index contributed by atoms with van der Waals surface area (Å²) in [4.78, 5) is -0.0678. The van der Waals surface area contributed by atoms with Crippen molar-refractivity contribution in [3.05, 3.63) is 101 Å². The van der Waals surface area contributed by atoms with Crippen LogP contribution in [0.2, 0.25) is 0 Å². The first-order valence-corrected chi connectivity index (χ1v) is 11.1. The zero-order chi connectivity index (χ0) is 24.7. The van der Waals surface area contributed by atoms with Gasteiger partial charge in [0.05, 0.1) is 4.90 Å². The molecule has 176 valence electrons. The van der Waals surface area contributed by atoms with Crippen LogP contribution in [0.3, 0.4) is 0 Å². The van der Waals surface area contributed by atoms with Crippen molar-refractivity contribution in [2.45, 2.75) is 35.0 Å². The molecule has 10 heteroatoms. The normalized spacial score (nSPS) is 14.2. The van der Waals surface area contributed by atoms with Crippen molar-refractivity contribution in [1.82, 2.24) is 0 Å². The fourth-order valence-electron chi connectivity index (χ4n) is 3.43. The predicted octanol–water partition coefficient (Wildman–Crippen LogP) is 5.87. The summed E-state index contributed by atoms with van der Waals surface area (Å²) in [5.41, 5.74) is -5.52. The Kier molecular flexibility index (Phi) is 6.38. The van der Waals surface area contributed by atoms with Crippen LogP contribution in [0, 0.1) is 6.92 Å². The number of hydrogen-bond acceptors (Lipinski definition) is 3. The van der Waals surface area contributed by atoms with Gasteiger partial charge < -0.3 is 5.11 Å². The minimum atomic E-state index is -6.04. The molecular formula is C23H18F6O3S. The molecule has 3 nitrogen and oxygen atoms in total. The lowest BCUT2D eigenvalue weighted by molar-refractivity contribution is -0.376. The minimum Gasteiger partial charge on any atom is -0.369 e. The molecule has 1 unspecified atom stereocenters. The lowest BCUT2D eigenvalue weighted by Gasteiger charge is -2.32. The quantitative estimate of drug-likeness (QED) is 0.457. The molecule has 0 spiro atoms. The zero-order valence-corrected chi connectivity index (χ0v) is 17.8. The third-order valence-corrected chi connectivity index (χ3v) is 7.31. The molecule has 0 aliphatic carbocycles. The van der Waals surface area contributed by atoms with E-state index < -0.39 is 38.6 Å². The SMILES string of the molecule is Cc1ccc(C(c2ccc(C(O)(C(F)(F)F)C(F)(F)F)cc2)S(=O)(=O)c2ccccc2)cc1. The summed E-state index contributed by atoms with van der Waals surface area (Å²) in [6.07, 6.45) is -12.1. The molecular weight excluding hydrogens is 470 g/mol. The Morgan fingerprint density at radius 2 is 1.12 bits per heavy atom. The van der Waals surface area contributed by atoms with Crippen molar-refractivity contribution < 1.29 is 39.9 Å². The van der Waals surface area contributed by atoms with Gasteiger partial charge in [0.1, 0.15) is 5.25 Å². The highest BCUT2D eigenvalue weighted by Crippen LogP contribution is 2.50. The van der Waals surface area contributed by atoms with Gasteiger partial charge >= 0.3 is 12.4 Å². The standard InChI is InChI=1S/C23H18F6O3S/c1-15-7-9-16(10-8-15)20(33(31,32)19-5-3-2-4-6-19)17-11-13-18(14-12-17)21(30,22(24,25)26)23(27,28)29/h2-14,20,30H,1H3. The molecule has 1 atom stereocenters. The van der Waals surface area contributed by atoms with E-state index in [0.29, 0.717) is 12.1 Å². The van der Waals surface area contributed by atoms with Gasteiger partial charge in [-0.2, -0.15) is 26.3 Å². The zero-order valence-electron chi connectivity index (χ0n) is 17.0. The van der Waals surface area contributed by atoms with E-state index in [9.17, 15) is 39.9 Å². The van der Waals surface area contributed by atoms with Crippen LogP contribution in [-0.2, 0) is 15.4 Å². The highest BCUT2D eigenvalue weighted by atomic mass is 32.2. The number of halogens is 6. The molecule has 33 heavy (non-hydrogen) atoms. The molecule has 0 saturated carbocycles. The summed E-state index contributed by atoms with van der Waals surface area (Å²) in [6.45, 7) is 1.77. The van der Waals surface area contributed by atoms with Crippen LogP contribution in [-0.4, -0.2) is 25.9 Å². The average molecular weight is 488 g/mol. The average Bonchev–Trinajstić information content (AvgIpc) is 2.74. The van der Waals surface area contributed by atoms with Gasteiger partial charge in [-0.25, -0.2) is 8.42 Å². The van der Waals surface area contributed by atoms with E-state index in [1.54, 1.807) is 25.1 Å². The summed E-state index contributed by atoms with van der Waals surface area (Å²) < 4.78 is 106. The summed E-state index contributed by atoms with van der Waals surface area (Å²) in [5, 5.41) is 8.20. The molecule has 0 aliphatic rings. The van der Waals surface area contributed by atoms with Crippen LogP contribution >= 0.6 is 0 Å². The van der Waals surface area contributed by atoms with Gasteiger partial charge in [0.25, 0.3) is 5.60 Å². The summed E-state index contributed by atoms with van der Waals surface area (Å²) in [6, 6.07) is 16.2.